The number of nitrogens with zero attached hydrogens (tertiary/aromatic N) is 1. The van der Waals surface area contributed by atoms with Crippen molar-refractivity contribution in [1.82, 2.24) is 4.98 Å². The maximum absolute atomic E-state index is 14.2. The summed E-state index contributed by atoms with van der Waals surface area (Å²) in [5.41, 5.74) is 0.0969. The van der Waals surface area contributed by atoms with Crippen molar-refractivity contribution in [3.8, 4) is 0 Å². The number of nitrogens with two attached hydrogens (primary N) is 1. The molecule has 11 heteroatoms. The van der Waals surface area contributed by atoms with Gasteiger partial charge in [-0.1, -0.05) is 0 Å². The number of hydrogen-bond donors (Lipinski definition) is 2. The van der Waals surface area contributed by atoms with Crippen LogP contribution in [0.2, 0.25) is 0 Å². The van der Waals surface area contributed by atoms with Gasteiger partial charge in [0.1, 0.15) is 0 Å². The van der Waals surface area contributed by atoms with E-state index in [2.05, 4.69) is 10.3 Å². The Bertz CT molecular complexity index is 956. The van der Waals surface area contributed by atoms with Crippen molar-refractivity contribution < 1.29 is 30.8 Å². The first kappa shape index (κ1) is 22.4. The van der Waals surface area contributed by atoms with E-state index in [0.29, 0.717) is 12.8 Å². The van der Waals surface area contributed by atoms with Gasteiger partial charge in [0.25, 0.3) is 10.0 Å². The molecule has 31 heavy (non-hydrogen) atoms. The van der Waals surface area contributed by atoms with Crippen molar-refractivity contribution >= 4 is 21.6 Å². The number of primary sulfonamides is 1. The van der Waals surface area contributed by atoms with Crippen molar-refractivity contribution in [2.24, 2.45) is 34.7 Å². The summed E-state index contributed by atoms with van der Waals surface area (Å²) >= 11 is 0. The van der Waals surface area contributed by atoms with Gasteiger partial charge in [0.15, 0.2) is 5.03 Å². The Morgan fingerprint density at radius 1 is 1.06 bits per heavy atom. The molecule has 172 valence electrons. The Balaban J connectivity index is 1.51. The molecule has 1 aromatic rings. The van der Waals surface area contributed by atoms with Gasteiger partial charge in [-0.3, -0.25) is 4.79 Å². The Labute approximate surface area is 178 Å². The van der Waals surface area contributed by atoms with Crippen LogP contribution in [-0.2, 0) is 14.8 Å². The maximum Gasteiger partial charge on any atom is 0.255 e. The number of halogens is 4. The number of sulfonamides is 1. The van der Waals surface area contributed by atoms with Crippen molar-refractivity contribution in [1.29, 1.82) is 0 Å². The molecule has 0 saturated heterocycles. The van der Waals surface area contributed by atoms with E-state index in [0.717, 1.165) is 12.3 Å². The van der Waals surface area contributed by atoms with E-state index in [1.807, 2.05) is 0 Å². The molecule has 0 aromatic carbocycles. The zero-order valence-corrected chi connectivity index (χ0v) is 17.6. The third-order valence-electron chi connectivity index (χ3n) is 7.11. The number of alkyl halides is 4. The van der Waals surface area contributed by atoms with Gasteiger partial charge in [-0.25, -0.2) is 36.1 Å². The number of carbonyl (C=O) groups excluding carboxylic acids is 1. The minimum Gasteiger partial charge on any atom is -0.326 e. The summed E-state index contributed by atoms with van der Waals surface area (Å²) in [5.74, 6) is -7.86. The number of rotatable bonds is 4. The van der Waals surface area contributed by atoms with Crippen LogP contribution in [0.1, 0.15) is 44.9 Å². The van der Waals surface area contributed by atoms with Crippen LogP contribution in [0.25, 0.3) is 0 Å². The lowest BCUT2D eigenvalue weighted by Crippen LogP contribution is -2.42. The molecule has 3 aliphatic rings. The second kappa shape index (κ2) is 7.68. The summed E-state index contributed by atoms with van der Waals surface area (Å²) < 4.78 is 78.7. The van der Waals surface area contributed by atoms with E-state index in [1.165, 1.54) is 6.07 Å². The second-order valence-corrected chi connectivity index (χ2v) is 10.8. The van der Waals surface area contributed by atoms with Gasteiger partial charge in [-0.15, -0.1) is 0 Å². The predicted molar refractivity (Wildman–Crippen MR) is 104 cm³/mol. The molecule has 3 fully saturated rings. The molecule has 1 heterocycles. The highest BCUT2D eigenvalue weighted by atomic mass is 32.2. The Morgan fingerprint density at radius 2 is 1.71 bits per heavy atom. The minimum absolute atomic E-state index is 0.0460. The Kier molecular flexibility index (Phi) is 5.56. The number of amides is 1. The molecule has 3 N–H and O–H groups in total. The second-order valence-electron chi connectivity index (χ2n) is 9.30. The van der Waals surface area contributed by atoms with Crippen LogP contribution in [0.4, 0.5) is 23.2 Å². The average Bonchev–Trinajstić information content (AvgIpc) is 3.13. The third kappa shape index (κ3) is 4.87. The molecule has 1 aromatic heterocycles. The molecular weight excluding hydrogens is 438 g/mol. The molecule has 3 unspecified atom stereocenters. The van der Waals surface area contributed by atoms with Gasteiger partial charge in [0, 0.05) is 49.6 Å². The van der Waals surface area contributed by atoms with Crippen molar-refractivity contribution in [2.75, 3.05) is 5.32 Å². The van der Waals surface area contributed by atoms with E-state index in [1.54, 1.807) is 0 Å². The zero-order chi connectivity index (χ0) is 22.6. The highest BCUT2D eigenvalue weighted by Gasteiger charge is 2.54. The molecule has 6 nitrogen and oxygen atoms in total. The lowest BCUT2D eigenvalue weighted by atomic mass is 9.69. The van der Waals surface area contributed by atoms with Crippen LogP contribution in [0.5, 0.6) is 0 Å². The van der Waals surface area contributed by atoms with Crippen molar-refractivity contribution in [3.05, 3.63) is 18.3 Å². The molecule has 4 rings (SSSR count). The number of pyridine rings is 1. The first-order valence-electron chi connectivity index (χ1n) is 10.4. The fraction of sp³-hybridized carbons (Fsp3) is 0.700. The van der Waals surface area contributed by atoms with Crippen LogP contribution >= 0.6 is 0 Å². The summed E-state index contributed by atoms with van der Waals surface area (Å²) in [5, 5.41) is 7.13. The van der Waals surface area contributed by atoms with Crippen LogP contribution in [0, 0.1) is 29.6 Å². The van der Waals surface area contributed by atoms with Crippen molar-refractivity contribution in [3.63, 3.8) is 0 Å². The molecule has 0 aliphatic heterocycles. The minimum atomic E-state index is -4.09. The highest BCUT2D eigenvalue weighted by Crippen LogP contribution is 2.57. The molecule has 0 radical (unpaired) electrons. The highest BCUT2D eigenvalue weighted by molar-refractivity contribution is 7.89. The molecule has 1 amide bonds. The lowest BCUT2D eigenvalue weighted by Gasteiger charge is -2.38. The quantitative estimate of drug-likeness (QED) is 0.663. The molecule has 3 aliphatic carbocycles. The van der Waals surface area contributed by atoms with Gasteiger partial charge in [-0.2, -0.15) is 0 Å². The van der Waals surface area contributed by atoms with E-state index >= 15 is 0 Å². The monoisotopic (exact) mass is 463 g/mol. The summed E-state index contributed by atoms with van der Waals surface area (Å²) in [4.78, 5) is 16.6. The van der Waals surface area contributed by atoms with Crippen LogP contribution in [0.15, 0.2) is 23.4 Å². The van der Waals surface area contributed by atoms with Gasteiger partial charge in [-0.05, 0) is 49.0 Å². The number of aromatic nitrogens is 1. The largest absolute Gasteiger partial charge is 0.326 e. The van der Waals surface area contributed by atoms with Gasteiger partial charge in [0.05, 0.1) is 0 Å². The van der Waals surface area contributed by atoms with E-state index in [-0.39, 0.29) is 55.0 Å². The fourth-order valence-electron chi connectivity index (χ4n) is 5.84. The van der Waals surface area contributed by atoms with E-state index in [9.17, 15) is 30.8 Å². The standard InChI is InChI=1S/C20H25F4N3O3S/c21-19(22)3-1-15(11-5-12-8-20(23,24)9-13(12)6-11)16(10-19)18(28)27-14-2-4-26-17(7-14)31(25,29)30/h2,4,7,11-13,15-16H,1,3,5-6,8-10H2,(H2,25,29,30)(H,26,27,28)/t11?,12-,13+,15?,16?. The summed E-state index contributed by atoms with van der Waals surface area (Å²) in [6.45, 7) is 0. The smallest absolute Gasteiger partial charge is 0.255 e. The lowest BCUT2D eigenvalue weighted by molar-refractivity contribution is -0.134. The Hall–Kier alpha value is -1.75. The molecule has 0 spiro atoms. The number of nitrogens with one attached hydrogen (secondary N) is 1. The van der Waals surface area contributed by atoms with Crippen LogP contribution < -0.4 is 10.5 Å². The Morgan fingerprint density at radius 3 is 2.32 bits per heavy atom. The first-order valence-corrected chi connectivity index (χ1v) is 11.9. The summed E-state index contributed by atoms with van der Waals surface area (Å²) in [6, 6.07) is 2.43. The average molecular weight is 463 g/mol. The molecular formula is C20H25F4N3O3S. The molecule has 3 saturated carbocycles. The van der Waals surface area contributed by atoms with E-state index < -0.39 is 45.1 Å². The fourth-order valence-corrected chi connectivity index (χ4v) is 6.34. The predicted octanol–water partition coefficient (Wildman–Crippen LogP) is 3.79. The number of carbonyl (C=O) groups is 1. The molecule has 5 atom stereocenters. The molecule has 0 bridgehead atoms. The number of fused-ring (bicyclic) bond motifs is 1. The van der Waals surface area contributed by atoms with Gasteiger partial charge in [0.2, 0.25) is 17.8 Å². The van der Waals surface area contributed by atoms with Crippen molar-refractivity contribution in [2.45, 2.75) is 61.8 Å². The van der Waals surface area contributed by atoms with E-state index in [4.69, 9.17) is 5.14 Å². The van der Waals surface area contributed by atoms with Crippen LogP contribution in [0.3, 0.4) is 0 Å². The van der Waals surface area contributed by atoms with Crippen LogP contribution in [-0.4, -0.2) is 31.2 Å². The number of hydrogen-bond acceptors (Lipinski definition) is 4. The topological polar surface area (TPSA) is 102 Å². The zero-order valence-electron chi connectivity index (χ0n) is 16.7. The maximum atomic E-state index is 14.2. The van der Waals surface area contributed by atoms with Gasteiger partial charge < -0.3 is 5.32 Å². The third-order valence-corrected chi connectivity index (χ3v) is 7.92. The summed E-state index contributed by atoms with van der Waals surface area (Å²) in [7, 11) is -4.09. The first-order chi connectivity index (χ1) is 14.3. The SMILES string of the molecule is NS(=O)(=O)c1cc(NC(=O)C2CC(F)(F)CCC2C2C[C@@H]3CC(F)(F)C[C@@H]3C2)ccn1. The summed E-state index contributed by atoms with van der Waals surface area (Å²) in [6.07, 6.45) is 1.11. The number of anilines is 1. The normalized spacial score (nSPS) is 34.3. The van der Waals surface area contributed by atoms with Gasteiger partial charge >= 0.3 is 0 Å².